The summed E-state index contributed by atoms with van der Waals surface area (Å²) in [7, 11) is 0. The van der Waals surface area contributed by atoms with Crippen LogP contribution in [0, 0.1) is 0 Å². The Kier molecular flexibility index (Phi) is 4.65. The average molecular weight is 450 g/mol. The van der Waals surface area contributed by atoms with Crippen LogP contribution in [-0.4, -0.2) is 16.0 Å². The van der Waals surface area contributed by atoms with Crippen LogP contribution in [0.15, 0.2) is 76.0 Å². The number of anilines is 1. The summed E-state index contributed by atoms with van der Waals surface area (Å²) in [4.78, 5) is 31.1. The summed E-state index contributed by atoms with van der Waals surface area (Å²) in [6.07, 6.45) is 0. The van der Waals surface area contributed by atoms with Gasteiger partial charge in [-0.3, -0.25) is 9.32 Å². The predicted molar refractivity (Wildman–Crippen MR) is 119 cm³/mol. The molecule has 0 bridgehead atoms. The molecule has 3 aromatic heterocycles. The highest BCUT2D eigenvalue weighted by Gasteiger charge is 2.34. The maximum absolute atomic E-state index is 13.3. The Hall–Kier alpha value is -3.75. The first-order chi connectivity index (χ1) is 15.0. The van der Waals surface area contributed by atoms with Gasteiger partial charge in [-0.2, -0.15) is 0 Å². The van der Waals surface area contributed by atoms with Crippen molar-refractivity contribution in [2.75, 3.05) is 5.73 Å². The number of nitrogens with one attached hydrogen (secondary N) is 1. The van der Waals surface area contributed by atoms with Crippen molar-refractivity contribution in [3.63, 3.8) is 0 Å². The van der Waals surface area contributed by atoms with Gasteiger partial charge >= 0.3 is 11.3 Å². The van der Waals surface area contributed by atoms with E-state index in [1.54, 1.807) is 36.4 Å². The summed E-state index contributed by atoms with van der Waals surface area (Å²) in [5.74, 6) is -0.535. The minimum atomic E-state index is -0.777. The van der Waals surface area contributed by atoms with E-state index in [9.17, 15) is 9.59 Å². The maximum atomic E-state index is 13.3. The Morgan fingerprint density at radius 1 is 1.06 bits per heavy atom. The number of aromatic nitrogens is 3. The molecule has 0 amide bonds. The van der Waals surface area contributed by atoms with Crippen molar-refractivity contribution in [3.05, 3.63) is 92.7 Å². The lowest BCUT2D eigenvalue weighted by Gasteiger charge is -2.01. The third kappa shape index (κ3) is 3.31. The molecule has 0 fully saturated rings. The molecule has 0 atom stereocenters. The fraction of sp³-hybridized carbons (Fsp3) is 0. The fourth-order valence-corrected chi connectivity index (χ4v) is 4.44. The SMILES string of the molecule is Nc1c(C(=O)c2c(=O)o[nH][n+]2-c2ccccc2)sc2nc(-c3ccc(Cl)cc3)ccc12. The zero-order valence-electron chi connectivity index (χ0n) is 15.8. The fourth-order valence-electron chi connectivity index (χ4n) is 3.28. The van der Waals surface area contributed by atoms with Crippen LogP contribution in [-0.2, 0) is 0 Å². The second-order valence-electron chi connectivity index (χ2n) is 6.73. The molecule has 9 heteroatoms. The summed E-state index contributed by atoms with van der Waals surface area (Å²) in [6, 6.07) is 19.9. The topological polar surface area (TPSA) is 106 Å². The number of nitrogen functional groups attached to an aromatic ring is 1. The summed E-state index contributed by atoms with van der Waals surface area (Å²) in [6.45, 7) is 0. The van der Waals surface area contributed by atoms with Crippen molar-refractivity contribution >= 4 is 44.6 Å². The monoisotopic (exact) mass is 449 g/mol. The standard InChI is InChI=1S/C22H13ClN4O3S/c23-13-8-6-12(7-9-13)16-11-10-15-17(24)20(31-21(15)25-16)19(28)18-22(29)30-26-27(18)14-4-2-1-3-5-14/h1-11H,(H2-,24,26,28,29)/p+1. The van der Waals surface area contributed by atoms with E-state index in [1.807, 2.05) is 30.3 Å². The molecule has 0 spiro atoms. The highest BCUT2D eigenvalue weighted by Crippen LogP contribution is 2.35. The number of aromatic amines is 1. The summed E-state index contributed by atoms with van der Waals surface area (Å²) < 4.78 is 6.20. The zero-order valence-corrected chi connectivity index (χ0v) is 17.4. The van der Waals surface area contributed by atoms with E-state index in [1.165, 1.54) is 4.68 Å². The first-order valence-electron chi connectivity index (χ1n) is 9.21. The molecule has 3 N–H and O–H groups in total. The van der Waals surface area contributed by atoms with Crippen LogP contribution in [0.2, 0.25) is 5.02 Å². The number of carbonyl (C=O) groups is 1. The summed E-state index contributed by atoms with van der Waals surface area (Å²) >= 11 is 7.10. The number of fused-ring (bicyclic) bond motifs is 1. The Morgan fingerprint density at radius 2 is 1.81 bits per heavy atom. The van der Waals surface area contributed by atoms with Crippen LogP contribution < -0.4 is 16.0 Å². The number of benzene rings is 2. The van der Waals surface area contributed by atoms with Gasteiger partial charge in [-0.15, -0.1) is 11.3 Å². The lowest BCUT2D eigenvalue weighted by molar-refractivity contribution is -0.672. The molecule has 31 heavy (non-hydrogen) atoms. The number of halogens is 1. The Morgan fingerprint density at radius 3 is 2.55 bits per heavy atom. The Labute approximate surface area is 184 Å². The van der Waals surface area contributed by atoms with E-state index in [0.717, 1.165) is 22.6 Å². The second-order valence-corrected chi connectivity index (χ2v) is 8.17. The van der Waals surface area contributed by atoms with Crippen LogP contribution in [0.25, 0.3) is 27.2 Å². The minimum absolute atomic E-state index is 0.164. The van der Waals surface area contributed by atoms with Crippen molar-refractivity contribution in [2.24, 2.45) is 0 Å². The molecule has 3 heterocycles. The van der Waals surface area contributed by atoms with Crippen molar-refractivity contribution in [2.45, 2.75) is 0 Å². The van der Waals surface area contributed by atoms with Crippen molar-refractivity contribution in [3.8, 4) is 16.9 Å². The normalized spacial score (nSPS) is 11.1. The summed E-state index contributed by atoms with van der Waals surface area (Å²) in [5, 5.41) is 3.76. The molecule has 0 aliphatic carbocycles. The highest BCUT2D eigenvalue weighted by molar-refractivity contribution is 7.21. The third-order valence-electron chi connectivity index (χ3n) is 4.82. The smallest absolute Gasteiger partial charge is 0.397 e. The molecule has 152 valence electrons. The highest BCUT2D eigenvalue weighted by atomic mass is 35.5. The minimum Gasteiger partial charge on any atom is -0.397 e. The molecule has 0 saturated carbocycles. The number of pyridine rings is 1. The number of ketones is 1. The van der Waals surface area contributed by atoms with Gasteiger partial charge in [0.1, 0.15) is 9.71 Å². The van der Waals surface area contributed by atoms with Crippen LogP contribution in [0.1, 0.15) is 15.4 Å². The number of rotatable bonds is 4. The van der Waals surface area contributed by atoms with Gasteiger partial charge in [-0.1, -0.05) is 41.9 Å². The van der Waals surface area contributed by atoms with Gasteiger partial charge in [0.2, 0.25) is 5.69 Å². The first-order valence-corrected chi connectivity index (χ1v) is 10.4. The Balaban J connectivity index is 1.61. The second kappa shape index (κ2) is 7.50. The van der Waals surface area contributed by atoms with E-state index in [4.69, 9.17) is 21.9 Å². The van der Waals surface area contributed by atoms with Crippen LogP contribution in [0.3, 0.4) is 0 Å². The molecule has 5 aromatic rings. The molecular formula is C22H14ClN4O3S+. The third-order valence-corrected chi connectivity index (χ3v) is 6.18. The molecule has 0 unspecified atom stereocenters. The lowest BCUT2D eigenvalue weighted by Crippen LogP contribution is -2.41. The number of carbonyl (C=O) groups excluding carboxylic acids is 1. The largest absolute Gasteiger partial charge is 0.439 e. The molecule has 0 aliphatic rings. The molecular weight excluding hydrogens is 436 g/mol. The van der Waals surface area contributed by atoms with E-state index < -0.39 is 11.4 Å². The maximum Gasteiger partial charge on any atom is 0.439 e. The van der Waals surface area contributed by atoms with Crippen molar-refractivity contribution < 1.29 is 14.0 Å². The molecule has 2 aromatic carbocycles. The molecule has 7 nitrogen and oxygen atoms in total. The van der Waals surface area contributed by atoms with E-state index >= 15 is 0 Å². The average Bonchev–Trinajstić information content (AvgIpc) is 3.34. The number of nitrogens with zero attached hydrogens (tertiary/aromatic N) is 2. The van der Waals surface area contributed by atoms with Gasteiger partial charge in [-0.25, -0.2) is 9.78 Å². The molecule has 0 radical (unpaired) electrons. The van der Waals surface area contributed by atoms with Gasteiger partial charge in [0.05, 0.1) is 11.4 Å². The number of hydrogen-bond acceptors (Lipinski definition) is 6. The van der Waals surface area contributed by atoms with E-state index in [-0.39, 0.29) is 16.3 Å². The van der Waals surface area contributed by atoms with Crippen LogP contribution in [0.5, 0.6) is 0 Å². The number of nitrogens with two attached hydrogens (primary N) is 1. The number of para-hydroxylation sites is 1. The van der Waals surface area contributed by atoms with Crippen LogP contribution >= 0.6 is 22.9 Å². The predicted octanol–water partition coefficient (Wildman–Crippen LogP) is 3.99. The first kappa shape index (κ1) is 19.2. The number of hydrogen-bond donors (Lipinski definition) is 2. The lowest BCUT2D eigenvalue weighted by atomic mass is 10.1. The molecule has 0 aliphatic heterocycles. The molecule has 5 rings (SSSR count). The summed E-state index contributed by atoms with van der Waals surface area (Å²) in [5.41, 5.74) is 7.81. The van der Waals surface area contributed by atoms with Gasteiger partial charge < -0.3 is 5.73 Å². The van der Waals surface area contributed by atoms with Crippen LogP contribution in [0.4, 0.5) is 5.69 Å². The number of H-pyrrole nitrogens is 1. The Bertz CT molecular complexity index is 1490. The molecule has 0 saturated heterocycles. The van der Waals surface area contributed by atoms with Gasteiger partial charge in [0.25, 0.3) is 5.78 Å². The van der Waals surface area contributed by atoms with Gasteiger partial charge in [0, 0.05) is 28.1 Å². The number of thiophene rings is 1. The zero-order chi connectivity index (χ0) is 21.5. The van der Waals surface area contributed by atoms with Crippen molar-refractivity contribution in [1.82, 2.24) is 10.3 Å². The van der Waals surface area contributed by atoms with Gasteiger partial charge in [0.15, 0.2) is 0 Å². The van der Waals surface area contributed by atoms with E-state index in [2.05, 4.69) is 10.3 Å². The van der Waals surface area contributed by atoms with Crippen molar-refractivity contribution in [1.29, 1.82) is 0 Å². The quantitative estimate of drug-likeness (QED) is 0.319. The van der Waals surface area contributed by atoms with E-state index in [0.29, 0.717) is 20.9 Å². The van der Waals surface area contributed by atoms with Gasteiger partial charge in [-0.05, 0) is 34.2 Å².